The smallest absolute Gasteiger partial charge is 0.158 e. The number of allylic oxidation sites excluding steroid dienone is 3. The topological polar surface area (TPSA) is 60.0 Å². The van der Waals surface area contributed by atoms with Gasteiger partial charge in [0.1, 0.15) is 0 Å². The number of nitriles is 2. The number of benzene rings is 1. The summed E-state index contributed by atoms with van der Waals surface area (Å²) >= 11 is 0. The van der Waals surface area contributed by atoms with Gasteiger partial charge < -0.3 is 9.64 Å². The molecule has 1 aliphatic heterocycles. The van der Waals surface area contributed by atoms with Crippen molar-refractivity contribution in [3.05, 3.63) is 60.1 Å². The molecule has 0 fully saturated rings. The summed E-state index contributed by atoms with van der Waals surface area (Å²) in [6.45, 7) is 0. The molecular weight excluding hydrogens is 274 g/mol. The summed E-state index contributed by atoms with van der Waals surface area (Å²) in [5.74, 6) is -0.535. The fraction of sp³-hybridized carbons (Fsp3) is 0.222. The minimum absolute atomic E-state index is 0.203. The van der Waals surface area contributed by atoms with E-state index in [-0.39, 0.29) is 5.92 Å². The molecule has 4 heteroatoms. The second kappa shape index (κ2) is 7.15. The first kappa shape index (κ1) is 15.4. The van der Waals surface area contributed by atoms with E-state index in [9.17, 15) is 0 Å². The van der Waals surface area contributed by atoms with Crippen LogP contribution in [0.2, 0.25) is 0 Å². The Morgan fingerprint density at radius 2 is 1.86 bits per heavy atom. The Kier molecular flexibility index (Phi) is 5.01. The van der Waals surface area contributed by atoms with Gasteiger partial charge in [-0.3, -0.25) is 0 Å². The van der Waals surface area contributed by atoms with Gasteiger partial charge >= 0.3 is 0 Å². The first-order valence-corrected chi connectivity index (χ1v) is 6.93. The Balaban J connectivity index is 2.32. The Hall–Kier alpha value is -2.98. The molecule has 0 atom stereocenters. The summed E-state index contributed by atoms with van der Waals surface area (Å²) in [6.07, 6.45) is 11.4. The van der Waals surface area contributed by atoms with Crippen molar-refractivity contribution in [1.29, 1.82) is 10.5 Å². The van der Waals surface area contributed by atoms with Crippen LogP contribution in [0.4, 0.5) is 5.69 Å². The molecule has 0 spiro atoms. The predicted octanol–water partition coefficient (Wildman–Crippen LogP) is 3.57. The monoisotopic (exact) mass is 291 g/mol. The van der Waals surface area contributed by atoms with E-state index in [1.165, 1.54) is 0 Å². The maximum Gasteiger partial charge on any atom is 0.158 e. The summed E-state index contributed by atoms with van der Waals surface area (Å²) in [4.78, 5) is 1.98. The van der Waals surface area contributed by atoms with Crippen molar-refractivity contribution in [3.63, 3.8) is 0 Å². The SMILES string of the molecule is CN(C)c1cc(C(C#N)C#N)ccc1C=CC1C=COC=C1. The van der Waals surface area contributed by atoms with Crippen LogP contribution in [0.3, 0.4) is 0 Å². The Morgan fingerprint density at radius 1 is 1.18 bits per heavy atom. The molecule has 1 heterocycles. The number of ether oxygens (including phenoxy) is 1. The summed E-state index contributed by atoms with van der Waals surface area (Å²) in [5.41, 5.74) is 2.73. The van der Waals surface area contributed by atoms with Gasteiger partial charge in [0.05, 0.1) is 24.7 Å². The van der Waals surface area contributed by atoms with Crippen LogP contribution < -0.4 is 4.90 Å². The molecule has 4 nitrogen and oxygen atoms in total. The fourth-order valence-electron chi connectivity index (χ4n) is 2.17. The molecule has 0 aliphatic carbocycles. The molecule has 110 valence electrons. The predicted molar refractivity (Wildman–Crippen MR) is 86.6 cm³/mol. The van der Waals surface area contributed by atoms with Crippen LogP contribution in [0, 0.1) is 28.6 Å². The van der Waals surface area contributed by atoms with E-state index in [1.54, 1.807) is 12.5 Å². The van der Waals surface area contributed by atoms with Crippen molar-refractivity contribution < 1.29 is 4.74 Å². The zero-order valence-corrected chi connectivity index (χ0v) is 12.6. The van der Waals surface area contributed by atoms with E-state index in [0.717, 1.165) is 16.8 Å². The molecule has 0 unspecified atom stereocenters. The van der Waals surface area contributed by atoms with E-state index < -0.39 is 5.92 Å². The third-order valence-electron chi connectivity index (χ3n) is 3.38. The Bertz CT molecular complexity index is 676. The molecule has 1 aromatic rings. The highest BCUT2D eigenvalue weighted by molar-refractivity contribution is 5.69. The quantitative estimate of drug-likeness (QED) is 0.851. The summed E-state index contributed by atoms with van der Waals surface area (Å²) in [7, 11) is 3.89. The molecule has 0 saturated heterocycles. The van der Waals surface area contributed by atoms with Crippen molar-refractivity contribution >= 4 is 11.8 Å². The summed E-state index contributed by atoms with van der Waals surface area (Å²) in [6, 6.07) is 9.68. The van der Waals surface area contributed by atoms with Crippen molar-refractivity contribution in [3.8, 4) is 12.1 Å². The lowest BCUT2D eigenvalue weighted by Gasteiger charge is -2.18. The third-order valence-corrected chi connectivity index (χ3v) is 3.38. The molecule has 2 rings (SSSR count). The molecular formula is C18H17N3O. The minimum atomic E-state index is -0.738. The first-order chi connectivity index (χ1) is 10.7. The summed E-state index contributed by atoms with van der Waals surface area (Å²) in [5, 5.41) is 18.0. The number of rotatable bonds is 4. The van der Waals surface area contributed by atoms with E-state index in [4.69, 9.17) is 15.3 Å². The van der Waals surface area contributed by atoms with E-state index in [1.807, 2.05) is 67.6 Å². The van der Waals surface area contributed by atoms with E-state index in [2.05, 4.69) is 6.08 Å². The zero-order valence-electron chi connectivity index (χ0n) is 12.6. The number of hydrogen-bond acceptors (Lipinski definition) is 4. The lowest BCUT2D eigenvalue weighted by atomic mass is 9.98. The molecule has 0 radical (unpaired) electrons. The van der Waals surface area contributed by atoms with Gasteiger partial charge in [0.25, 0.3) is 0 Å². The second-order valence-corrected chi connectivity index (χ2v) is 5.13. The van der Waals surface area contributed by atoms with Gasteiger partial charge in [0, 0.05) is 25.7 Å². The van der Waals surface area contributed by atoms with Crippen molar-refractivity contribution in [2.24, 2.45) is 5.92 Å². The molecule has 22 heavy (non-hydrogen) atoms. The normalized spacial score (nSPS) is 13.9. The highest BCUT2D eigenvalue weighted by Gasteiger charge is 2.12. The van der Waals surface area contributed by atoms with Crippen LogP contribution in [0.25, 0.3) is 6.08 Å². The highest BCUT2D eigenvalue weighted by Crippen LogP contribution is 2.26. The molecule has 1 aliphatic rings. The molecule has 0 amide bonds. The zero-order chi connectivity index (χ0) is 15.9. The van der Waals surface area contributed by atoms with Gasteiger partial charge in [-0.1, -0.05) is 24.3 Å². The number of anilines is 1. The van der Waals surface area contributed by atoms with Crippen LogP contribution in [-0.2, 0) is 4.74 Å². The van der Waals surface area contributed by atoms with Crippen LogP contribution in [0.5, 0.6) is 0 Å². The van der Waals surface area contributed by atoms with Gasteiger partial charge in [0.15, 0.2) is 5.92 Å². The Morgan fingerprint density at radius 3 is 2.45 bits per heavy atom. The largest absolute Gasteiger partial charge is 0.473 e. The van der Waals surface area contributed by atoms with Gasteiger partial charge in [-0.15, -0.1) is 0 Å². The average molecular weight is 291 g/mol. The molecule has 0 N–H and O–H groups in total. The standard InChI is InChI=1S/C18H17N3O/c1-21(2)18-11-16(17(12-19)13-20)6-5-15(18)4-3-14-7-9-22-10-8-14/h3-11,14,17H,1-2H3. The molecule has 0 aromatic heterocycles. The van der Waals surface area contributed by atoms with Gasteiger partial charge in [-0.05, 0) is 29.3 Å². The van der Waals surface area contributed by atoms with Gasteiger partial charge in [0.2, 0.25) is 0 Å². The highest BCUT2D eigenvalue weighted by atomic mass is 16.5. The van der Waals surface area contributed by atoms with Gasteiger partial charge in [-0.2, -0.15) is 10.5 Å². The van der Waals surface area contributed by atoms with Crippen LogP contribution in [0.15, 0.2) is 49.0 Å². The maximum atomic E-state index is 9.02. The molecule has 0 saturated carbocycles. The minimum Gasteiger partial charge on any atom is -0.473 e. The maximum absolute atomic E-state index is 9.02. The van der Waals surface area contributed by atoms with Crippen LogP contribution >= 0.6 is 0 Å². The average Bonchev–Trinajstić information content (AvgIpc) is 2.55. The van der Waals surface area contributed by atoms with E-state index >= 15 is 0 Å². The van der Waals surface area contributed by atoms with Gasteiger partial charge in [-0.25, -0.2) is 0 Å². The fourth-order valence-corrected chi connectivity index (χ4v) is 2.17. The number of nitrogens with zero attached hydrogens (tertiary/aromatic N) is 3. The van der Waals surface area contributed by atoms with Crippen LogP contribution in [-0.4, -0.2) is 14.1 Å². The third kappa shape index (κ3) is 3.56. The lowest BCUT2D eigenvalue weighted by molar-refractivity contribution is 0.388. The lowest BCUT2D eigenvalue weighted by Crippen LogP contribution is -2.11. The first-order valence-electron chi connectivity index (χ1n) is 6.93. The van der Waals surface area contributed by atoms with Crippen LogP contribution in [0.1, 0.15) is 17.0 Å². The number of hydrogen-bond donors (Lipinski definition) is 0. The van der Waals surface area contributed by atoms with Crippen molar-refractivity contribution in [2.75, 3.05) is 19.0 Å². The second-order valence-electron chi connectivity index (χ2n) is 5.13. The Labute approximate surface area is 130 Å². The molecule has 0 bridgehead atoms. The summed E-state index contributed by atoms with van der Waals surface area (Å²) < 4.78 is 5.02. The molecule has 1 aromatic carbocycles. The van der Waals surface area contributed by atoms with Crippen molar-refractivity contribution in [1.82, 2.24) is 0 Å². The van der Waals surface area contributed by atoms with Crippen molar-refractivity contribution in [2.45, 2.75) is 5.92 Å². The van der Waals surface area contributed by atoms with E-state index in [0.29, 0.717) is 0 Å².